The van der Waals surface area contributed by atoms with E-state index >= 15 is 0 Å². The van der Waals surface area contributed by atoms with Gasteiger partial charge in [0.1, 0.15) is 0 Å². The lowest BCUT2D eigenvalue weighted by molar-refractivity contribution is 0.220. The van der Waals surface area contributed by atoms with E-state index in [-0.39, 0.29) is 11.6 Å². The van der Waals surface area contributed by atoms with Gasteiger partial charge in [-0.2, -0.15) is 0 Å². The van der Waals surface area contributed by atoms with E-state index in [9.17, 15) is 0 Å². The summed E-state index contributed by atoms with van der Waals surface area (Å²) in [6.45, 7) is 4.49. The van der Waals surface area contributed by atoms with E-state index in [1.807, 2.05) is 6.07 Å². The van der Waals surface area contributed by atoms with Crippen LogP contribution in [0.2, 0.25) is 0 Å². The molecule has 3 N–H and O–H groups in total. The normalized spacial score (nSPS) is 30.1. The molecule has 2 heteroatoms. The standard InChI is InChI=1S/C13H20N2/c1-13(2)9-8-11(14)12(15-13)10-6-4-3-5-7-10/h3-7,11-12,15H,8-9,14H2,1-2H3. The van der Waals surface area contributed by atoms with E-state index < -0.39 is 0 Å². The Morgan fingerprint density at radius 1 is 1.27 bits per heavy atom. The third kappa shape index (κ3) is 2.39. The number of hydrogen-bond donors (Lipinski definition) is 2. The van der Waals surface area contributed by atoms with Crippen LogP contribution in [0.25, 0.3) is 0 Å². The lowest BCUT2D eigenvalue weighted by Crippen LogP contribution is -2.53. The smallest absolute Gasteiger partial charge is 0.0477 e. The lowest BCUT2D eigenvalue weighted by Gasteiger charge is -2.41. The van der Waals surface area contributed by atoms with Crippen LogP contribution in [-0.4, -0.2) is 11.6 Å². The van der Waals surface area contributed by atoms with Crippen LogP contribution < -0.4 is 11.1 Å². The second-order valence-electron chi connectivity index (χ2n) is 5.12. The molecule has 1 fully saturated rings. The van der Waals surface area contributed by atoms with Crippen molar-refractivity contribution in [2.75, 3.05) is 0 Å². The van der Waals surface area contributed by atoms with Crippen LogP contribution in [0.4, 0.5) is 0 Å². The fourth-order valence-electron chi connectivity index (χ4n) is 2.29. The Bertz CT molecular complexity index is 319. The summed E-state index contributed by atoms with van der Waals surface area (Å²) in [6.07, 6.45) is 2.25. The summed E-state index contributed by atoms with van der Waals surface area (Å²) in [5.41, 5.74) is 7.68. The molecule has 2 atom stereocenters. The molecule has 1 heterocycles. The van der Waals surface area contributed by atoms with Crippen LogP contribution >= 0.6 is 0 Å². The molecule has 0 aromatic heterocycles. The van der Waals surface area contributed by atoms with Gasteiger partial charge in [-0.1, -0.05) is 30.3 Å². The molecule has 2 nitrogen and oxygen atoms in total. The molecular formula is C13H20N2. The van der Waals surface area contributed by atoms with Crippen LogP contribution in [0.15, 0.2) is 30.3 Å². The van der Waals surface area contributed by atoms with Gasteiger partial charge in [-0.05, 0) is 32.3 Å². The highest BCUT2D eigenvalue weighted by molar-refractivity contribution is 5.22. The number of hydrogen-bond acceptors (Lipinski definition) is 2. The van der Waals surface area contributed by atoms with Gasteiger partial charge < -0.3 is 11.1 Å². The fourth-order valence-corrected chi connectivity index (χ4v) is 2.29. The Hall–Kier alpha value is -0.860. The van der Waals surface area contributed by atoms with E-state index in [1.165, 1.54) is 5.56 Å². The first-order valence-corrected chi connectivity index (χ1v) is 5.67. The Kier molecular flexibility index (Phi) is 2.81. The first-order valence-electron chi connectivity index (χ1n) is 5.67. The molecule has 1 saturated heterocycles. The van der Waals surface area contributed by atoms with E-state index in [4.69, 9.17) is 5.73 Å². The van der Waals surface area contributed by atoms with Crippen molar-refractivity contribution in [1.82, 2.24) is 5.32 Å². The van der Waals surface area contributed by atoms with Crippen molar-refractivity contribution < 1.29 is 0 Å². The molecule has 1 aromatic rings. The molecule has 0 bridgehead atoms. The van der Waals surface area contributed by atoms with Crippen LogP contribution in [-0.2, 0) is 0 Å². The summed E-state index contributed by atoms with van der Waals surface area (Å²) >= 11 is 0. The van der Waals surface area contributed by atoms with Crippen molar-refractivity contribution in [3.63, 3.8) is 0 Å². The molecule has 2 rings (SSSR count). The van der Waals surface area contributed by atoms with E-state index in [0.717, 1.165) is 12.8 Å². The molecule has 1 aliphatic rings. The Labute approximate surface area is 91.9 Å². The summed E-state index contributed by atoms with van der Waals surface area (Å²) < 4.78 is 0. The zero-order chi connectivity index (χ0) is 10.9. The number of rotatable bonds is 1. The maximum absolute atomic E-state index is 6.17. The number of nitrogens with two attached hydrogens (primary N) is 1. The number of piperidine rings is 1. The molecule has 15 heavy (non-hydrogen) atoms. The summed E-state index contributed by atoms with van der Waals surface area (Å²) in [5.74, 6) is 0. The topological polar surface area (TPSA) is 38.0 Å². The highest BCUT2D eigenvalue weighted by atomic mass is 15.0. The minimum atomic E-state index is 0.205. The van der Waals surface area contributed by atoms with Gasteiger partial charge in [-0.25, -0.2) is 0 Å². The van der Waals surface area contributed by atoms with E-state index in [1.54, 1.807) is 0 Å². The van der Waals surface area contributed by atoms with Gasteiger partial charge in [0.25, 0.3) is 0 Å². The van der Waals surface area contributed by atoms with Crippen LogP contribution in [0.5, 0.6) is 0 Å². The first kappa shape index (κ1) is 10.7. The Balaban J connectivity index is 2.20. The maximum atomic E-state index is 6.17. The average molecular weight is 204 g/mol. The van der Waals surface area contributed by atoms with Crippen molar-refractivity contribution in [3.05, 3.63) is 35.9 Å². The monoisotopic (exact) mass is 204 g/mol. The van der Waals surface area contributed by atoms with Crippen molar-refractivity contribution >= 4 is 0 Å². The molecule has 0 saturated carbocycles. The molecule has 0 aliphatic carbocycles. The van der Waals surface area contributed by atoms with Crippen molar-refractivity contribution in [1.29, 1.82) is 0 Å². The minimum absolute atomic E-state index is 0.205. The highest BCUT2D eigenvalue weighted by Crippen LogP contribution is 2.29. The summed E-state index contributed by atoms with van der Waals surface area (Å²) in [7, 11) is 0. The van der Waals surface area contributed by atoms with E-state index in [2.05, 4.69) is 43.4 Å². The minimum Gasteiger partial charge on any atom is -0.326 e. The largest absolute Gasteiger partial charge is 0.326 e. The molecule has 1 aromatic carbocycles. The van der Waals surface area contributed by atoms with Gasteiger partial charge in [0.15, 0.2) is 0 Å². The predicted molar refractivity (Wildman–Crippen MR) is 63.6 cm³/mol. The summed E-state index contributed by atoms with van der Waals surface area (Å²) in [5, 5.41) is 3.63. The fraction of sp³-hybridized carbons (Fsp3) is 0.538. The summed E-state index contributed by atoms with van der Waals surface area (Å²) in [4.78, 5) is 0. The molecule has 1 aliphatic heterocycles. The first-order chi connectivity index (χ1) is 7.08. The summed E-state index contributed by atoms with van der Waals surface area (Å²) in [6, 6.07) is 11.0. The van der Waals surface area contributed by atoms with E-state index in [0.29, 0.717) is 6.04 Å². The van der Waals surface area contributed by atoms with Crippen molar-refractivity contribution in [2.24, 2.45) is 5.73 Å². The third-order valence-electron chi connectivity index (χ3n) is 3.24. The Morgan fingerprint density at radius 2 is 1.93 bits per heavy atom. The van der Waals surface area contributed by atoms with Gasteiger partial charge >= 0.3 is 0 Å². The number of nitrogens with one attached hydrogen (secondary N) is 1. The van der Waals surface area contributed by atoms with Crippen molar-refractivity contribution in [3.8, 4) is 0 Å². The van der Waals surface area contributed by atoms with Gasteiger partial charge in [0, 0.05) is 17.6 Å². The zero-order valence-corrected chi connectivity index (χ0v) is 9.53. The second-order valence-corrected chi connectivity index (χ2v) is 5.12. The predicted octanol–water partition coefficient (Wildman–Crippen LogP) is 2.22. The van der Waals surface area contributed by atoms with Gasteiger partial charge in [0.05, 0.1) is 0 Å². The molecule has 0 radical (unpaired) electrons. The van der Waals surface area contributed by atoms with Crippen LogP contribution in [0.3, 0.4) is 0 Å². The highest BCUT2D eigenvalue weighted by Gasteiger charge is 2.32. The SMILES string of the molecule is CC1(C)CCC(N)C(c2ccccc2)N1. The lowest BCUT2D eigenvalue weighted by atomic mass is 9.83. The Morgan fingerprint density at radius 3 is 2.60 bits per heavy atom. The molecule has 0 spiro atoms. The second kappa shape index (κ2) is 3.95. The van der Waals surface area contributed by atoms with Gasteiger partial charge in [-0.15, -0.1) is 0 Å². The maximum Gasteiger partial charge on any atom is 0.0477 e. The molecule has 0 amide bonds. The average Bonchev–Trinajstić information content (AvgIpc) is 2.23. The van der Waals surface area contributed by atoms with Gasteiger partial charge in [-0.3, -0.25) is 0 Å². The van der Waals surface area contributed by atoms with Gasteiger partial charge in [0.2, 0.25) is 0 Å². The quantitative estimate of drug-likeness (QED) is 0.736. The third-order valence-corrected chi connectivity index (χ3v) is 3.24. The van der Waals surface area contributed by atoms with Crippen LogP contribution in [0, 0.1) is 0 Å². The number of benzene rings is 1. The van der Waals surface area contributed by atoms with Crippen molar-refractivity contribution in [2.45, 2.75) is 44.3 Å². The molecule has 82 valence electrons. The van der Waals surface area contributed by atoms with Crippen LogP contribution in [0.1, 0.15) is 38.3 Å². The molecular weight excluding hydrogens is 184 g/mol. The molecule has 2 unspecified atom stereocenters. The zero-order valence-electron chi connectivity index (χ0n) is 9.53.